The largest absolute Gasteiger partial charge is 0.340 e. The van der Waals surface area contributed by atoms with E-state index in [1.165, 1.54) is 26.2 Å². The third-order valence-corrected chi connectivity index (χ3v) is 9.94. The maximum atomic E-state index is 14.6. The van der Waals surface area contributed by atoms with Crippen LogP contribution in [-0.2, 0) is 16.2 Å². The van der Waals surface area contributed by atoms with E-state index >= 15 is 0 Å². The molecule has 0 saturated heterocycles. The summed E-state index contributed by atoms with van der Waals surface area (Å²) in [6.45, 7) is 14.9. The number of benzene rings is 5. The predicted molar refractivity (Wildman–Crippen MR) is 203 cm³/mol. The highest BCUT2D eigenvalue weighted by Gasteiger charge is 2.24. The van der Waals surface area contributed by atoms with E-state index in [0.29, 0.717) is 17.2 Å². The molecule has 0 fully saturated rings. The lowest BCUT2D eigenvalue weighted by Crippen LogP contribution is -2.11. The van der Waals surface area contributed by atoms with Gasteiger partial charge in [-0.3, -0.25) is 4.79 Å². The number of aryl methyl sites for hydroxylation is 4. The van der Waals surface area contributed by atoms with Crippen molar-refractivity contribution < 1.29 is 14.4 Å². The van der Waals surface area contributed by atoms with Crippen molar-refractivity contribution in [3.63, 3.8) is 0 Å². The van der Waals surface area contributed by atoms with Gasteiger partial charge in [0, 0.05) is 57.4 Å². The summed E-state index contributed by atoms with van der Waals surface area (Å²) in [4.78, 5) is 31.8. The Kier molecular flexibility index (Phi) is 9.82. The fourth-order valence-corrected chi connectivity index (χ4v) is 7.54. The molecule has 0 radical (unpaired) electrons. The Morgan fingerprint density at radius 1 is 0.755 bits per heavy atom. The lowest BCUT2D eigenvalue weighted by Gasteiger charge is -2.19. The average molecular weight is 651 g/mol. The summed E-state index contributed by atoms with van der Waals surface area (Å²) in [5, 5.41) is 8.48. The van der Waals surface area contributed by atoms with E-state index in [1.54, 1.807) is 0 Å². The first kappa shape index (κ1) is 33.9. The molecule has 5 aromatic carbocycles. The summed E-state index contributed by atoms with van der Waals surface area (Å²) in [6.07, 6.45) is 4.62. The third-order valence-electron chi connectivity index (χ3n) is 9.94. The third kappa shape index (κ3) is 6.55. The van der Waals surface area contributed by atoms with Gasteiger partial charge in [0.2, 0.25) is 0 Å². The second-order valence-corrected chi connectivity index (χ2v) is 13.6. The van der Waals surface area contributed by atoms with Crippen molar-refractivity contribution in [1.82, 2.24) is 4.57 Å². The van der Waals surface area contributed by atoms with Crippen LogP contribution in [0, 0.1) is 33.6 Å². The second kappa shape index (κ2) is 14.2. The Labute approximate surface area is 289 Å². The summed E-state index contributed by atoms with van der Waals surface area (Å²) >= 11 is 0. The summed E-state index contributed by atoms with van der Waals surface area (Å²) in [5.74, 6) is 0.0822. The van der Waals surface area contributed by atoms with E-state index in [9.17, 15) is 9.59 Å². The van der Waals surface area contributed by atoms with E-state index in [-0.39, 0.29) is 5.78 Å². The number of carbonyl (C=O) groups is 2. The van der Waals surface area contributed by atoms with E-state index in [4.69, 9.17) is 4.84 Å². The number of oxime groups is 1. The van der Waals surface area contributed by atoms with Gasteiger partial charge < -0.3 is 9.40 Å². The van der Waals surface area contributed by atoms with E-state index < -0.39 is 5.97 Å². The molecule has 6 aromatic rings. The highest BCUT2D eigenvalue weighted by atomic mass is 16.7. The zero-order valence-electron chi connectivity index (χ0n) is 29.8. The van der Waals surface area contributed by atoms with Crippen molar-refractivity contribution in [1.29, 1.82) is 0 Å². The number of ketones is 1. The van der Waals surface area contributed by atoms with Gasteiger partial charge in [-0.25, -0.2) is 4.79 Å². The first-order valence-electron chi connectivity index (χ1n) is 17.5. The van der Waals surface area contributed by atoms with Gasteiger partial charge >= 0.3 is 5.97 Å². The molecule has 49 heavy (non-hydrogen) atoms. The molecule has 5 heteroatoms. The van der Waals surface area contributed by atoms with Crippen molar-refractivity contribution in [2.45, 2.75) is 80.7 Å². The first-order chi connectivity index (χ1) is 23.6. The van der Waals surface area contributed by atoms with Crippen molar-refractivity contribution >= 4 is 50.0 Å². The van der Waals surface area contributed by atoms with Crippen LogP contribution in [0.3, 0.4) is 0 Å². The Balaban J connectivity index is 1.68. The first-order valence-corrected chi connectivity index (χ1v) is 17.5. The second-order valence-electron chi connectivity index (χ2n) is 13.6. The van der Waals surface area contributed by atoms with Gasteiger partial charge in [0.15, 0.2) is 5.78 Å². The normalized spacial score (nSPS) is 12.6. The molecule has 0 N–H and O–H groups in total. The summed E-state index contributed by atoms with van der Waals surface area (Å²) in [5.41, 5.74) is 10.2. The quantitative estimate of drug-likeness (QED) is 0.0607. The number of carbonyl (C=O) groups excluding carboxylic acids is 2. The Morgan fingerprint density at radius 3 is 2.12 bits per heavy atom. The molecule has 1 atom stereocenters. The van der Waals surface area contributed by atoms with Crippen LogP contribution in [0.5, 0.6) is 0 Å². The van der Waals surface area contributed by atoms with Crippen molar-refractivity contribution in [2.24, 2.45) is 11.1 Å². The van der Waals surface area contributed by atoms with Gasteiger partial charge in [-0.2, -0.15) is 0 Å². The smallest absolute Gasteiger partial charge is 0.332 e. The number of hydrogen-bond acceptors (Lipinski definition) is 4. The number of fused-ring (bicyclic) bond motifs is 5. The molecule has 1 heterocycles. The SMILES string of the molecule is CCCCC(CC)Cn1c2ccc(/C(=N/OC(C)=O)c3ccccc3C)cc2c2cc(C(=O)c3c(C)cc(C)cc3C)c3ccccc3c21. The van der Waals surface area contributed by atoms with Crippen LogP contribution in [0.15, 0.2) is 90.1 Å². The zero-order chi connectivity index (χ0) is 34.8. The Bertz CT molecular complexity index is 2230. The predicted octanol–water partition coefficient (Wildman–Crippen LogP) is 10.9. The minimum atomic E-state index is -0.474. The molecular formula is C44H46N2O3. The molecule has 0 spiro atoms. The minimum Gasteiger partial charge on any atom is -0.340 e. The average Bonchev–Trinajstić information content (AvgIpc) is 3.38. The van der Waals surface area contributed by atoms with Gasteiger partial charge in [0.05, 0.1) is 5.52 Å². The van der Waals surface area contributed by atoms with Crippen LogP contribution in [0.25, 0.3) is 32.6 Å². The molecule has 0 bridgehead atoms. The highest BCUT2D eigenvalue weighted by molar-refractivity contribution is 6.27. The van der Waals surface area contributed by atoms with Crippen LogP contribution in [0.2, 0.25) is 0 Å². The molecule has 0 saturated carbocycles. The summed E-state index contributed by atoms with van der Waals surface area (Å²) in [6, 6.07) is 29.0. The summed E-state index contributed by atoms with van der Waals surface area (Å²) < 4.78 is 2.48. The number of rotatable bonds is 11. The van der Waals surface area contributed by atoms with Crippen molar-refractivity contribution in [3.8, 4) is 0 Å². The molecule has 0 aliphatic heterocycles. The Hall–Kier alpha value is -5.03. The number of hydrogen-bond donors (Lipinski definition) is 0. The lowest BCUT2D eigenvalue weighted by molar-refractivity contribution is -0.140. The molecule has 0 aliphatic rings. The fourth-order valence-electron chi connectivity index (χ4n) is 7.54. The summed E-state index contributed by atoms with van der Waals surface area (Å²) in [7, 11) is 0. The van der Waals surface area contributed by atoms with Gasteiger partial charge in [-0.1, -0.05) is 111 Å². The van der Waals surface area contributed by atoms with Crippen molar-refractivity contribution in [3.05, 3.63) is 129 Å². The molecule has 0 aliphatic carbocycles. The van der Waals surface area contributed by atoms with Gasteiger partial charge in [-0.05, 0) is 80.3 Å². The Morgan fingerprint density at radius 2 is 1.45 bits per heavy atom. The van der Waals surface area contributed by atoms with Gasteiger partial charge in [0.25, 0.3) is 0 Å². The maximum Gasteiger partial charge on any atom is 0.332 e. The molecule has 250 valence electrons. The topological polar surface area (TPSA) is 60.7 Å². The number of nitrogens with zero attached hydrogens (tertiary/aromatic N) is 2. The minimum absolute atomic E-state index is 0.0385. The molecule has 0 amide bonds. The van der Waals surface area contributed by atoms with Crippen LogP contribution in [0.4, 0.5) is 0 Å². The monoisotopic (exact) mass is 650 g/mol. The van der Waals surface area contributed by atoms with E-state index in [2.05, 4.69) is 85.1 Å². The van der Waals surface area contributed by atoms with Gasteiger partial charge in [0.1, 0.15) is 5.71 Å². The molecule has 5 nitrogen and oxygen atoms in total. The molecule has 1 aromatic heterocycles. The maximum absolute atomic E-state index is 14.6. The van der Waals surface area contributed by atoms with Crippen LogP contribution in [0.1, 0.15) is 95.8 Å². The van der Waals surface area contributed by atoms with E-state index in [1.807, 2.05) is 51.1 Å². The van der Waals surface area contributed by atoms with Crippen molar-refractivity contribution in [2.75, 3.05) is 0 Å². The lowest BCUT2D eigenvalue weighted by atomic mass is 9.89. The zero-order valence-corrected chi connectivity index (χ0v) is 29.8. The fraction of sp³-hybridized carbons (Fsp3) is 0.295. The highest BCUT2D eigenvalue weighted by Crippen LogP contribution is 2.39. The van der Waals surface area contributed by atoms with Crippen LogP contribution >= 0.6 is 0 Å². The molecule has 1 unspecified atom stereocenters. The van der Waals surface area contributed by atoms with Crippen LogP contribution in [-0.4, -0.2) is 22.0 Å². The standard InChI is InChI=1S/C44H46N2O3/c1-8-10-16-32(9-2)26-46-40-21-20-33(42(45-49-31(7)47)34-17-12-11-15-28(34)4)24-37(40)38-25-39(35-18-13-14-19-36(35)43(38)46)44(48)41-29(5)22-27(3)23-30(41)6/h11-15,17-25,32H,8-10,16,26H2,1-7H3/b45-42-. The van der Waals surface area contributed by atoms with E-state index in [0.717, 1.165) is 84.5 Å². The number of aromatic nitrogens is 1. The molecule has 6 rings (SSSR count). The molecular weight excluding hydrogens is 604 g/mol. The number of unbranched alkanes of at least 4 members (excludes halogenated alkanes) is 1. The van der Waals surface area contributed by atoms with Gasteiger partial charge in [-0.15, -0.1) is 0 Å². The van der Waals surface area contributed by atoms with Crippen LogP contribution < -0.4 is 0 Å².